The summed E-state index contributed by atoms with van der Waals surface area (Å²) in [4.78, 5) is 12.2. The van der Waals surface area contributed by atoms with Crippen LogP contribution >= 0.6 is 11.8 Å². The molecule has 4 heteroatoms. The molecule has 1 fully saturated rings. The third-order valence-corrected chi connectivity index (χ3v) is 5.39. The number of nitrogens with two attached hydrogens (primary N) is 1. The van der Waals surface area contributed by atoms with Gasteiger partial charge in [-0.05, 0) is 43.7 Å². The molecule has 1 saturated carbocycles. The highest BCUT2D eigenvalue weighted by atomic mass is 32.2. The molecule has 0 aromatic heterocycles. The van der Waals surface area contributed by atoms with Gasteiger partial charge in [0.25, 0.3) is 5.91 Å². The monoisotopic (exact) mass is 278 g/mol. The van der Waals surface area contributed by atoms with Gasteiger partial charge in [0.05, 0.1) is 5.56 Å². The molecule has 3 N–H and O–H groups in total. The van der Waals surface area contributed by atoms with E-state index in [1.54, 1.807) is 6.07 Å². The minimum absolute atomic E-state index is 0.0576. The molecule has 0 unspecified atom stereocenters. The minimum Gasteiger partial charge on any atom is -0.398 e. The zero-order valence-electron chi connectivity index (χ0n) is 11.7. The number of rotatable bonds is 4. The van der Waals surface area contributed by atoms with Crippen molar-refractivity contribution in [2.24, 2.45) is 0 Å². The lowest BCUT2D eigenvalue weighted by molar-refractivity contribution is 0.0950. The Bertz CT molecular complexity index is 467. The maximum absolute atomic E-state index is 12.2. The van der Waals surface area contributed by atoms with Crippen LogP contribution in [-0.2, 0) is 0 Å². The molecule has 0 heterocycles. The zero-order valence-corrected chi connectivity index (χ0v) is 12.5. The molecule has 1 aromatic carbocycles. The fraction of sp³-hybridized carbons (Fsp3) is 0.533. The molecule has 0 radical (unpaired) electrons. The van der Waals surface area contributed by atoms with Gasteiger partial charge in [-0.1, -0.05) is 18.9 Å². The Morgan fingerprint density at radius 3 is 2.68 bits per heavy atom. The van der Waals surface area contributed by atoms with Gasteiger partial charge < -0.3 is 11.1 Å². The fourth-order valence-electron chi connectivity index (χ4n) is 2.70. The number of hydrogen-bond donors (Lipinski definition) is 2. The number of amides is 1. The molecule has 0 bridgehead atoms. The first kappa shape index (κ1) is 14.3. The lowest BCUT2D eigenvalue weighted by Gasteiger charge is -2.27. The van der Waals surface area contributed by atoms with Crippen molar-refractivity contribution in [3.8, 4) is 0 Å². The number of carbonyl (C=O) groups is 1. The Labute approximate surface area is 119 Å². The van der Waals surface area contributed by atoms with Gasteiger partial charge in [0.15, 0.2) is 0 Å². The Balaban J connectivity index is 2.01. The number of aryl methyl sites for hydroxylation is 1. The average Bonchev–Trinajstić information content (AvgIpc) is 2.85. The summed E-state index contributed by atoms with van der Waals surface area (Å²) in [6, 6.07) is 5.57. The van der Waals surface area contributed by atoms with Crippen molar-refractivity contribution >= 4 is 23.4 Å². The summed E-state index contributed by atoms with van der Waals surface area (Å²) in [5, 5.41) is 3.05. The van der Waals surface area contributed by atoms with Gasteiger partial charge >= 0.3 is 0 Å². The van der Waals surface area contributed by atoms with Crippen LogP contribution in [0.2, 0.25) is 0 Å². The van der Waals surface area contributed by atoms with Crippen molar-refractivity contribution in [2.75, 3.05) is 18.5 Å². The molecule has 3 nitrogen and oxygen atoms in total. The highest BCUT2D eigenvalue weighted by Crippen LogP contribution is 2.39. The van der Waals surface area contributed by atoms with Gasteiger partial charge in [0, 0.05) is 17.0 Å². The van der Waals surface area contributed by atoms with Crippen LogP contribution in [-0.4, -0.2) is 23.5 Å². The minimum atomic E-state index is -0.0576. The summed E-state index contributed by atoms with van der Waals surface area (Å²) in [6.45, 7) is 2.71. The van der Waals surface area contributed by atoms with Crippen molar-refractivity contribution in [1.29, 1.82) is 0 Å². The topological polar surface area (TPSA) is 55.1 Å². The molecule has 1 amide bonds. The number of carbonyl (C=O) groups excluding carboxylic acids is 1. The number of anilines is 1. The number of thioether (sulfide) groups is 1. The van der Waals surface area contributed by atoms with E-state index >= 15 is 0 Å². The van der Waals surface area contributed by atoms with E-state index in [-0.39, 0.29) is 10.7 Å². The van der Waals surface area contributed by atoms with Crippen LogP contribution in [0.25, 0.3) is 0 Å². The highest BCUT2D eigenvalue weighted by Gasteiger charge is 2.33. The molecule has 0 saturated heterocycles. The fourth-order valence-corrected chi connectivity index (χ4v) is 3.61. The van der Waals surface area contributed by atoms with Gasteiger partial charge in [-0.3, -0.25) is 4.79 Å². The first-order valence-corrected chi connectivity index (χ1v) is 7.98. The van der Waals surface area contributed by atoms with Crippen molar-refractivity contribution in [2.45, 2.75) is 37.4 Å². The molecule has 0 aliphatic heterocycles. The lowest BCUT2D eigenvalue weighted by Crippen LogP contribution is -2.38. The van der Waals surface area contributed by atoms with E-state index in [4.69, 9.17) is 5.73 Å². The maximum atomic E-state index is 12.2. The standard InChI is InChI=1S/C15H22N2OS/c1-11-5-6-12(13(16)9-11)14(18)17-10-15(19-2)7-3-4-8-15/h5-6,9H,3-4,7-8,10,16H2,1-2H3,(H,17,18). The first-order valence-electron chi connectivity index (χ1n) is 6.76. The molecule has 1 aromatic rings. The van der Waals surface area contributed by atoms with E-state index < -0.39 is 0 Å². The molecule has 104 valence electrons. The van der Waals surface area contributed by atoms with Crippen LogP contribution in [0.5, 0.6) is 0 Å². The van der Waals surface area contributed by atoms with Gasteiger partial charge in [-0.2, -0.15) is 11.8 Å². The van der Waals surface area contributed by atoms with Crippen LogP contribution in [0.1, 0.15) is 41.6 Å². The second kappa shape index (κ2) is 5.87. The van der Waals surface area contributed by atoms with Gasteiger partial charge in [0.2, 0.25) is 0 Å². The molecule has 2 rings (SSSR count). The third kappa shape index (κ3) is 3.24. The van der Waals surface area contributed by atoms with Crippen molar-refractivity contribution in [3.63, 3.8) is 0 Å². The van der Waals surface area contributed by atoms with Crippen molar-refractivity contribution in [3.05, 3.63) is 29.3 Å². The quantitative estimate of drug-likeness (QED) is 0.833. The number of benzene rings is 1. The van der Waals surface area contributed by atoms with Gasteiger partial charge in [0.1, 0.15) is 0 Å². The molecule has 1 aliphatic carbocycles. The Morgan fingerprint density at radius 2 is 2.11 bits per heavy atom. The van der Waals surface area contributed by atoms with E-state index in [9.17, 15) is 4.79 Å². The number of nitrogen functional groups attached to an aromatic ring is 1. The second-order valence-corrected chi connectivity index (χ2v) is 6.64. The third-order valence-electron chi connectivity index (χ3n) is 3.97. The SMILES string of the molecule is CSC1(CNC(=O)c2ccc(C)cc2N)CCCC1. The summed E-state index contributed by atoms with van der Waals surface area (Å²) >= 11 is 1.88. The van der Waals surface area contributed by atoms with Crippen molar-refractivity contribution in [1.82, 2.24) is 5.32 Å². The summed E-state index contributed by atoms with van der Waals surface area (Å²) in [6.07, 6.45) is 7.06. The average molecular weight is 278 g/mol. The summed E-state index contributed by atoms with van der Waals surface area (Å²) in [5.41, 5.74) is 8.12. The predicted octanol–water partition coefficient (Wildman–Crippen LogP) is 2.98. The van der Waals surface area contributed by atoms with Crippen LogP contribution in [0, 0.1) is 6.92 Å². The summed E-state index contributed by atoms with van der Waals surface area (Å²) in [7, 11) is 0. The van der Waals surface area contributed by atoms with E-state index in [1.807, 2.05) is 30.8 Å². The molecule has 19 heavy (non-hydrogen) atoms. The first-order chi connectivity index (χ1) is 9.06. The van der Waals surface area contributed by atoms with E-state index in [1.165, 1.54) is 25.7 Å². The molecule has 0 spiro atoms. The van der Waals surface area contributed by atoms with Crippen LogP contribution in [0.3, 0.4) is 0 Å². The molecular formula is C15H22N2OS. The number of nitrogens with one attached hydrogen (secondary N) is 1. The summed E-state index contributed by atoms with van der Waals surface area (Å²) in [5.74, 6) is -0.0576. The van der Waals surface area contributed by atoms with Crippen LogP contribution in [0.4, 0.5) is 5.69 Å². The normalized spacial score (nSPS) is 17.4. The Morgan fingerprint density at radius 1 is 1.42 bits per heavy atom. The lowest BCUT2D eigenvalue weighted by atomic mass is 10.1. The largest absolute Gasteiger partial charge is 0.398 e. The second-order valence-electron chi connectivity index (χ2n) is 5.37. The van der Waals surface area contributed by atoms with Gasteiger partial charge in [-0.25, -0.2) is 0 Å². The van der Waals surface area contributed by atoms with Crippen LogP contribution < -0.4 is 11.1 Å². The molecule has 0 atom stereocenters. The maximum Gasteiger partial charge on any atom is 0.253 e. The Kier molecular flexibility index (Phi) is 4.40. The zero-order chi connectivity index (χ0) is 13.9. The highest BCUT2D eigenvalue weighted by molar-refractivity contribution is 8.00. The Hall–Kier alpha value is -1.16. The predicted molar refractivity (Wildman–Crippen MR) is 82.6 cm³/mol. The smallest absolute Gasteiger partial charge is 0.253 e. The number of hydrogen-bond acceptors (Lipinski definition) is 3. The van der Waals surface area contributed by atoms with E-state index in [0.717, 1.165) is 12.1 Å². The molecular weight excluding hydrogens is 256 g/mol. The van der Waals surface area contributed by atoms with Crippen LogP contribution in [0.15, 0.2) is 18.2 Å². The van der Waals surface area contributed by atoms with Gasteiger partial charge in [-0.15, -0.1) is 0 Å². The molecule has 1 aliphatic rings. The van der Waals surface area contributed by atoms with E-state index in [0.29, 0.717) is 11.3 Å². The van der Waals surface area contributed by atoms with E-state index in [2.05, 4.69) is 11.6 Å². The van der Waals surface area contributed by atoms with Crippen molar-refractivity contribution < 1.29 is 4.79 Å². The summed E-state index contributed by atoms with van der Waals surface area (Å²) < 4.78 is 0.231.